The van der Waals surface area contributed by atoms with E-state index in [1.165, 1.54) is 6.07 Å². The van der Waals surface area contributed by atoms with Gasteiger partial charge in [0, 0.05) is 6.20 Å². The first-order valence-electron chi connectivity index (χ1n) is 3.75. The number of nitrogens with zero attached hydrogens (tertiary/aromatic N) is 2. The van der Waals surface area contributed by atoms with E-state index in [9.17, 15) is 13.6 Å². The van der Waals surface area contributed by atoms with Crippen LogP contribution < -0.4 is 11.5 Å². The molecule has 1 rings (SSSR count). The van der Waals surface area contributed by atoms with Crippen molar-refractivity contribution >= 4 is 11.7 Å². The summed E-state index contributed by atoms with van der Waals surface area (Å²) in [5, 5.41) is 8.55. The number of amides is 1. The van der Waals surface area contributed by atoms with Crippen molar-refractivity contribution in [1.29, 1.82) is 5.26 Å². The van der Waals surface area contributed by atoms with E-state index in [0.29, 0.717) is 0 Å². The van der Waals surface area contributed by atoms with Gasteiger partial charge in [-0.15, -0.1) is 0 Å². The van der Waals surface area contributed by atoms with Crippen molar-refractivity contribution in [3.05, 3.63) is 22.9 Å². The average molecular weight is 212 g/mol. The van der Waals surface area contributed by atoms with E-state index >= 15 is 0 Å². The van der Waals surface area contributed by atoms with E-state index in [2.05, 4.69) is 4.98 Å². The van der Waals surface area contributed by atoms with E-state index in [-0.39, 0.29) is 0 Å². The molecule has 4 N–H and O–H groups in total. The molecule has 0 unspecified atom stereocenters. The van der Waals surface area contributed by atoms with Crippen molar-refractivity contribution in [1.82, 2.24) is 4.98 Å². The molecule has 15 heavy (non-hydrogen) atoms. The minimum Gasteiger partial charge on any atom is -0.383 e. The number of halogens is 2. The highest BCUT2D eigenvalue weighted by Crippen LogP contribution is 2.28. The number of hydrogen-bond acceptors (Lipinski definition) is 4. The number of anilines is 1. The number of nitriles is 1. The van der Waals surface area contributed by atoms with Crippen LogP contribution in [0.2, 0.25) is 0 Å². The van der Waals surface area contributed by atoms with Gasteiger partial charge in [0.05, 0.1) is 16.7 Å². The molecule has 1 aromatic heterocycles. The zero-order chi connectivity index (χ0) is 11.6. The lowest BCUT2D eigenvalue weighted by atomic mass is 10.0. The molecule has 0 aromatic carbocycles. The lowest BCUT2D eigenvalue weighted by molar-refractivity contribution is 0.0986. The molecule has 1 heterocycles. The van der Waals surface area contributed by atoms with Gasteiger partial charge in [0.25, 0.3) is 12.3 Å². The van der Waals surface area contributed by atoms with Crippen molar-refractivity contribution in [2.24, 2.45) is 5.73 Å². The highest BCUT2D eigenvalue weighted by molar-refractivity contribution is 5.99. The predicted molar refractivity (Wildman–Crippen MR) is 46.8 cm³/mol. The van der Waals surface area contributed by atoms with E-state index in [0.717, 1.165) is 6.20 Å². The number of primary amides is 1. The Morgan fingerprint density at radius 1 is 1.60 bits per heavy atom. The fourth-order valence-electron chi connectivity index (χ4n) is 1.12. The predicted octanol–water partition coefficient (Wildman–Crippen LogP) is 0.572. The molecule has 0 aliphatic heterocycles. The second-order valence-corrected chi connectivity index (χ2v) is 2.62. The summed E-state index contributed by atoms with van der Waals surface area (Å²) >= 11 is 0. The average Bonchev–Trinajstić information content (AvgIpc) is 2.16. The summed E-state index contributed by atoms with van der Waals surface area (Å²) in [5.74, 6) is -1.54. The second-order valence-electron chi connectivity index (χ2n) is 2.62. The molecule has 0 saturated carbocycles. The lowest BCUT2D eigenvalue weighted by Gasteiger charge is -2.09. The molecule has 0 aliphatic rings. The van der Waals surface area contributed by atoms with Crippen molar-refractivity contribution in [3.63, 3.8) is 0 Å². The Morgan fingerprint density at radius 2 is 2.20 bits per heavy atom. The van der Waals surface area contributed by atoms with E-state index in [4.69, 9.17) is 16.7 Å². The Kier molecular flexibility index (Phi) is 2.80. The molecule has 1 aromatic rings. The van der Waals surface area contributed by atoms with Crippen LogP contribution in [0.4, 0.5) is 14.6 Å². The molecule has 0 spiro atoms. The molecular weight excluding hydrogens is 206 g/mol. The minimum absolute atomic E-state index is 0.406. The van der Waals surface area contributed by atoms with Gasteiger partial charge in [0.1, 0.15) is 11.9 Å². The Balaban J connectivity index is 3.60. The number of nitrogen functional groups attached to an aromatic ring is 1. The maximum Gasteiger partial charge on any atom is 0.266 e. The lowest BCUT2D eigenvalue weighted by Crippen LogP contribution is -2.18. The van der Waals surface area contributed by atoms with Gasteiger partial charge in [-0.3, -0.25) is 4.79 Å². The first-order chi connectivity index (χ1) is 6.99. The third kappa shape index (κ3) is 1.83. The van der Waals surface area contributed by atoms with Gasteiger partial charge < -0.3 is 11.5 Å². The summed E-state index contributed by atoms with van der Waals surface area (Å²) in [6.07, 6.45) is -2.13. The normalized spacial score (nSPS) is 10.0. The van der Waals surface area contributed by atoms with Crippen LogP contribution in [0.3, 0.4) is 0 Å². The Labute approximate surface area is 83.3 Å². The van der Waals surface area contributed by atoms with Crippen LogP contribution in [0, 0.1) is 11.3 Å². The quantitative estimate of drug-likeness (QED) is 0.747. The number of aromatic nitrogens is 1. The fraction of sp³-hybridized carbons (Fsp3) is 0.125. The molecule has 0 bridgehead atoms. The van der Waals surface area contributed by atoms with Crippen molar-refractivity contribution in [2.45, 2.75) is 6.43 Å². The van der Waals surface area contributed by atoms with Gasteiger partial charge in [0.2, 0.25) is 0 Å². The standard InChI is InChI=1S/C8H6F2N4O/c9-6(10)4-3(1-11)2-14-7(12)5(4)8(13)15/h2,6H,(H2,12,14)(H2,13,15). The third-order valence-electron chi connectivity index (χ3n) is 1.73. The van der Waals surface area contributed by atoms with Gasteiger partial charge in [-0.05, 0) is 0 Å². The van der Waals surface area contributed by atoms with E-state index in [1.54, 1.807) is 0 Å². The number of nitrogens with two attached hydrogens (primary N) is 2. The maximum atomic E-state index is 12.6. The van der Waals surface area contributed by atoms with Gasteiger partial charge >= 0.3 is 0 Å². The molecule has 1 amide bonds. The summed E-state index contributed by atoms with van der Waals surface area (Å²) < 4.78 is 25.1. The van der Waals surface area contributed by atoms with Crippen LogP contribution in [-0.2, 0) is 0 Å². The van der Waals surface area contributed by atoms with Gasteiger partial charge in [-0.2, -0.15) is 5.26 Å². The Bertz CT molecular complexity index is 453. The summed E-state index contributed by atoms with van der Waals surface area (Å²) in [4.78, 5) is 14.3. The Hall–Kier alpha value is -2.23. The number of carbonyl (C=O) groups is 1. The van der Waals surface area contributed by atoms with Crippen LogP contribution in [0.1, 0.15) is 27.9 Å². The highest BCUT2D eigenvalue weighted by Gasteiger charge is 2.24. The zero-order valence-corrected chi connectivity index (χ0v) is 7.37. The van der Waals surface area contributed by atoms with Crippen LogP contribution in [-0.4, -0.2) is 10.9 Å². The fourth-order valence-corrected chi connectivity index (χ4v) is 1.12. The maximum absolute atomic E-state index is 12.6. The molecule has 0 saturated heterocycles. The monoisotopic (exact) mass is 212 g/mol. The molecule has 5 nitrogen and oxygen atoms in total. The van der Waals surface area contributed by atoms with Crippen LogP contribution in [0.5, 0.6) is 0 Å². The number of pyridine rings is 1. The highest BCUT2D eigenvalue weighted by atomic mass is 19.3. The summed E-state index contributed by atoms with van der Waals surface area (Å²) in [6, 6.07) is 1.49. The summed E-state index contributed by atoms with van der Waals surface area (Å²) in [7, 11) is 0. The number of carbonyl (C=O) groups excluding carboxylic acids is 1. The SMILES string of the molecule is N#Cc1cnc(N)c(C(N)=O)c1C(F)F. The largest absolute Gasteiger partial charge is 0.383 e. The molecule has 78 valence electrons. The Morgan fingerprint density at radius 3 is 2.60 bits per heavy atom. The first kappa shape index (κ1) is 10.8. The molecule has 7 heteroatoms. The van der Waals surface area contributed by atoms with Crippen LogP contribution >= 0.6 is 0 Å². The molecule has 0 aliphatic carbocycles. The van der Waals surface area contributed by atoms with Gasteiger partial charge in [-0.25, -0.2) is 13.8 Å². The van der Waals surface area contributed by atoms with Crippen molar-refractivity contribution in [3.8, 4) is 6.07 Å². The third-order valence-corrected chi connectivity index (χ3v) is 1.73. The van der Waals surface area contributed by atoms with E-state index < -0.39 is 34.8 Å². The van der Waals surface area contributed by atoms with Gasteiger partial charge in [-0.1, -0.05) is 0 Å². The summed E-state index contributed by atoms with van der Waals surface area (Å²) in [6.45, 7) is 0. The zero-order valence-electron chi connectivity index (χ0n) is 7.37. The summed E-state index contributed by atoms with van der Waals surface area (Å²) in [5.41, 5.74) is 8.34. The van der Waals surface area contributed by atoms with E-state index in [1.807, 2.05) is 0 Å². The molecule has 0 atom stereocenters. The molecule has 0 radical (unpaired) electrons. The second kappa shape index (κ2) is 3.88. The minimum atomic E-state index is -3.01. The molecular formula is C8H6F2N4O. The number of rotatable bonds is 2. The number of alkyl halides is 2. The smallest absolute Gasteiger partial charge is 0.266 e. The van der Waals surface area contributed by atoms with Crippen molar-refractivity contribution < 1.29 is 13.6 Å². The van der Waals surface area contributed by atoms with Gasteiger partial charge in [0.15, 0.2) is 0 Å². The van der Waals surface area contributed by atoms with Crippen LogP contribution in [0.15, 0.2) is 6.20 Å². The van der Waals surface area contributed by atoms with Crippen molar-refractivity contribution in [2.75, 3.05) is 5.73 Å². The topological polar surface area (TPSA) is 106 Å². The number of hydrogen-bond donors (Lipinski definition) is 2. The first-order valence-corrected chi connectivity index (χ1v) is 3.75. The molecule has 0 fully saturated rings. The van der Waals surface area contributed by atoms with Crippen LogP contribution in [0.25, 0.3) is 0 Å².